The average Bonchev–Trinajstić information content (AvgIpc) is 2.49. The fourth-order valence-electron chi connectivity index (χ4n) is 0.968. The first-order chi connectivity index (χ1) is 10.1. The van der Waals surface area contributed by atoms with Crippen LogP contribution in [-0.2, 0) is 23.8 Å². The van der Waals surface area contributed by atoms with Gasteiger partial charge in [0.15, 0.2) is 0 Å². The monoisotopic (exact) mass is 290 g/mol. The second-order valence-electron chi connectivity index (χ2n) is 3.38. The Balaban J connectivity index is 3.96. The van der Waals surface area contributed by atoms with Gasteiger partial charge in [0.2, 0.25) is 0 Å². The number of hydrogen-bond acceptors (Lipinski definition) is 7. The maximum atomic E-state index is 11.2. The van der Waals surface area contributed by atoms with Crippen molar-refractivity contribution in [1.82, 2.24) is 0 Å². The van der Waals surface area contributed by atoms with Gasteiger partial charge in [-0.25, -0.2) is 9.59 Å². The number of ether oxygens (including phenoxy) is 3. The summed E-state index contributed by atoms with van der Waals surface area (Å²) < 4.78 is 14.4. The molecule has 0 aliphatic rings. The molecule has 0 aromatic rings. The van der Waals surface area contributed by atoms with Gasteiger partial charge in [-0.1, -0.05) is 12.7 Å². The van der Waals surface area contributed by atoms with Gasteiger partial charge in [0, 0.05) is 18.2 Å². The molecule has 0 saturated heterocycles. The van der Waals surface area contributed by atoms with E-state index in [1.165, 1.54) is 6.08 Å². The molecule has 0 radical (unpaired) electrons. The van der Waals surface area contributed by atoms with Crippen molar-refractivity contribution in [1.29, 1.82) is 10.5 Å². The van der Waals surface area contributed by atoms with Gasteiger partial charge in [-0.3, -0.25) is 0 Å². The molecule has 0 aromatic heterocycles. The fourth-order valence-corrected chi connectivity index (χ4v) is 0.968. The van der Waals surface area contributed by atoms with Crippen molar-refractivity contribution in [2.24, 2.45) is 0 Å². The van der Waals surface area contributed by atoms with E-state index in [4.69, 9.17) is 15.3 Å². The van der Waals surface area contributed by atoms with E-state index in [0.29, 0.717) is 0 Å². The van der Waals surface area contributed by atoms with Crippen molar-refractivity contribution in [3.8, 4) is 12.1 Å². The Labute approximate surface area is 122 Å². The highest BCUT2D eigenvalue weighted by Gasteiger charge is 2.03. The highest BCUT2D eigenvalue weighted by atomic mass is 16.6. The predicted octanol–water partition coefficient (Wildman–Crippen LogP) is 0.805. The smallest absolute Gasteiger partial charge is 0.332 e. The van der Waals surface area contributed by atoms with Crippen LogP contribution in [0.25, 0.3) is 0 Å². The molecule has 0 N–H and O–H groups in total. The maximum Gasteiger partial charge on any atom is 0.332 e. The highest BCUT2D eigenvalue weighted by Crippen LogP contribution is 1.96. The van der Waals surface area contributed by atoms with Gasteiger partial charge in [-0.15, -0.1) is 0 Å². The van der Waals surface area contributed by atoms with Crippen LogP contribution in [0, 0.1) is 22.7 Å². The third-order valence-corrected chi connectivity index (χ3v) is 1.80. The van der Waals surface area contributed by atoms with Gasteiger partial charge in [-0.05, 0) is 0 Å². The molecule has 0 bridgehead atoms. The molecule has 0 spiro atoms. The normalized spacial score (nSPS) is 10.5. The van der Waals surface area contributed by atoms with Gasteiger partial charge in [0.1, 0.15) is 13.2 Å². The van der Waals surface area contributed by atoms with Crippen LogP contribution >= 0.6 is 0 Å². The number of carbonyl (C=O) groups is 2. The molecule has 7 nitrogen and oxygen atoms in total. The first kappa shape index (κ1) is 18.1. The first-order valence-electron chi connectivity index (χ1n) is 5.83. The Bertz CT molecular complexity index is 508. The van der Waals surface area contributed by atoms with E-state index in [1.54, 1.807) is 12.1 Å². The summed E-state index contributed by atoms with van der Waals surface area (Å²) in [7, 11) is 0. The molecule has 0 rings (SSSR count). The van der Waals surface area contributed by atoms with Gasteiger partial charge >= 0.3 is 11.9 Å². The van der Waals surface area contributed by atoms with Crippen molar-refractivity contribution in [3.63, 3.8) is 0 Å². The second-order valence-corrected chi connectivity index (χ2v) is 3.38. The quantitative estimate of drug-likeness (QED) is 0.203. The van der Waals surface area contributed by atoms with Gasteiger partial charge in [-0.2, -0.15) is 10.5 Å². The molecule has 0 fully saturated rings. The van der Waals surface area contributed by atoms with Gasteiger partial charge in [0.05, 0.1) is 30.9 Å². The van der Waals surface area contributed by atoms with E-state index >= 15 is 0 Å². The Morgan fingerprint density at radius 2 is 1.90 bits per heavy atom. The fraction of sp³-hybridized carbons (Fsp3) is 0.286. The molecule has 110 valence electrons. The molecule has 0 atom stereocenters. The van der Waals surface area contributed by atoms with E-state index in [1.807, 2.05) is 0 Å². The standard InChI is InChI=1S/C14H14N2O5/c1-2-6-20-14(18)9-12(10-16)11-19-7-8-21-13(17)4-3-5-15/h2-4,9H,1,6-8,11H2. The van der Waals surface area contributed by atoms with Crippen molar-refractivity contribution >= 4 is 11.9 Å². The zero-order chi connectivity index (χ0) is 15.9. The number of rotatable bonds is 9. The average molecular weight is 290 g/mol. The van der Waals surface area contributed by atoms with Crippen LogP contribution in [-0.4, -0.2) is 38.4 Å². The number of esters is 2. The van der Waals surface area contributed by atoms with Crippen molar-refractivity contribution in [2.75, 3.05) is 26.4 Å². The Hall–Kier alpha value is -2.90. The molecule has 0 heterocycles. The van der Waals surface area contributed by atoms with Crippen LogP contribution in [0.4, 0.5) is 0 Å². The number of nitrogens with zero attached hydrogens (tertiary/aromatic N) is 2. The van der Waals surface area contributed by atoms with Crippen LogP contribution < -0.4 is 0 Å². The lowest BCUT2D eigenvalue weighted by Gasteiger charge is -2.03. The van der Waals surface area contributed by atoms with Crippen molar-refractivity contribution < 1.29 is 23.8 Å². The minimum absolute atomic E-state index is 0.0335. The third kappa shape index (κ3) is 10.7. The summed E-state index contributed by atoms with van der Waals surface area (Å²) in [6, 6.07) is 3.44. The molecular formula is C14H14N2O5. The van der Waals surface area contributed by atoms with Crippen LogP contribution in [0.1, 0.15) is 0 Å². The molecule has 0 aliphatic carbocycles. The van der Waals surface area contributed by atoms with Crippen molar-refractivity contribution in [3.05, 3.63) is 36.5 Å². The maximum absolute atomic E-state index is 11.2. The Morgan fingerprint density at radius 1 is 1.14 bits per heavy atom. The third-order valence-electron chi connectivity index (χ3n) is 1.80. The van der Waals surface area contributed by atoms with E-state index in [2.05, 4.69) is 16.1 Å². The van der Waals surface area contributed by atoms with Gasteiger partial charge in [0.25, 0.3) is 0 Å². The Morgan fingerprint density at radius 3 is 2.52 bits per heavy atom. The zero-order valence-electron chi connectivity index (χ0n) is 11.3. The summed E-state index contributed by atoms with van der Waals surface area (Å²) in [5, 5.41) is 17.0. The van der Waals surface area contributed by atoms with Gasteiger partial charge < -0.3 is 14.2 Å². The predicted molar refractivity (Wildman–Crippen MR) is 71.4 cm³/mol. The van der Waals surface area contributed by atoms with Crippen LogP contribution in [0.3, 0.4) is 0 Å². The largest absolute Gasteiger partial charge is 0.460 e. The summed E-state index contributed by atoms with van der Waals surface area (Å²) >= 11 is 0. The molecule has 0 saturated carbocycles. The summed E-state index contributed by atoms with van der Waals surface area (Å²) in [6.07, 6.45) is 4.40. The van der Waals surface area contributed by atoms with E-state index in [0.717, 1.165) is 18.2 Å². The van der Waals surface area contributed by atoms with Crippen LogP contribution in [0.2, 0.25) is 0 Å². The molecule has 7 heteroatoms. The lowest BCUT2D eigenvalue weighted by atomic mass is 10.3. The summed E-state index contributed by atoms with van der Waals surface area (Å²) in [5.74, 6) is -1.33. The number of allylic oxidation sites excluding steroid dienone is 1. The Kier molecular flexibility index (Phi) is 10.5. The highest BCUT2D eigenvalue weighted by molar-refractivity contribution is 5.83. The lowest BCUT2D eigenvalue weighted by molar-refractivity contribution is -0.139. The lowest BCUT2D eigenvalue weighted by Crippen LogP contribution is -2.10. The topological polar surface area (TPSA) is 109 Å². The van der Waals surface area contributed by atoms with E-state index in [9.17, 15) is 9.59 Å². The molecule has 0 aromatic carbocycles. The zero-order valence-corrected chi connectivity index (χ0v) is 11.3. The van der Waals surface area contributed by atoms with Crippen molar-refractivity contribution in [2.45, 2.75) is 0 Å². The van der Waals surface area contributed by atoms with Crippen LogP contribution in [0.15, 0.2) is 36.5 Å². The van der Waals surface area contributed by atoms with Crippen LogP contribution in [0.5, 0.6) is 0 Å². The first-order valence-corrected chi connectivity index (χ1v) is 5.83. The number of hydrogen-bond donors (Lipinski definition) is 0. The molecule has 0 amide bonds. The number of carbonyl (C=O) groups excluding carboxylic acids is 2. The molecule has 0 unspecified atom stereocenters. The molecule has 0 aliphatic heterocycles. The summed E-state index contributed by atoms with van der Waals surface area (Å²) in [6.45, 7) is 3.35. The minimum Gasteiger partial charge on any atom is -0.460 e. The molecule has 21 heavy (non-hydrogen) atoms. The molecular weight excluding hydrogens is 276 g/mol. The second kappa shape index (κ2) is 12.2. The van der Waals surface area contributed by atoms with E-state index in [-0.39, 0.29) is 32.0 Å². The van der Waals surface area contributed by atoms with E-state index < -0.39 is 11.9 Å². The number of nitriles is 2. The SMILES string of the molecule is C=CCOC(=O)C=C(C#N)COCCOC(=O)C=CC#N. The minimum atomic E-state index is -0.664. The summed E-state index contributed by atoms with van der Waals surface area (Å²) in [5.41, 5.74) is 0.0831. The summed E-state index contributed by atoms with van der Waals surface area (Å²) in [4.78, 5) is 22.1.